The van der Waals surface area contributed by atoms with Crippen LogP contribution in [0.1, 0.15) is 12.5 Å². The number of nitrogens with one attached hydrogen (secondary N) is 1. The fourth-order valence-electron chi connectivity index (χ4n) is 2.43. The lowest BCUT2D eigenvalue weighted by Crippen LogP contribution is -2.38. The minimum absolute atomic E-state index is 0.0717. The van der Waals surface area contributed by atoms with Gasteiger partial charge in [-0.1, -0.05) is 43.0 Å². The number of para-hydroxylation sites is 1. The number of alkyl halides is 3. The van der Waals surface area contributed by atoms with Gasteiger partial charge in [-0.05, 0) is 30.3 Å². The molecule has 26 heavy (non-hydrogen) atoms. The van der Waals surface area contributed by atoms with Crippen molar-refractivity contribution in [1.82, 2.24) is 0 Å². The molecule has 0 aromatic heterocycles. The van der Waals surface area contributed by atoms with E-state index in [1.165, 1.54) is 28.8 Å². The zero-order valence-electron chi connectivity index (χ0n) is 13.8. The number of halogens is 3. The minimum atomic E-state index is -4.47. The van der Waals surface area contributed by atoms with Gasteiger partial charge in [0, 0.05) is 10.9 Å². The van der Waals surface area contributed by atoms with E-state index in [1.807, 2.05) is 13.0 Å². The first kappa shape index (κ1) is 18.3. The second-order valence-corrected chi connectivity index (χ2v) is 7.14. The first-order valence-electron chi connectivity index (χ1n) is 7.89. The summed E-state index contributed by atoms with van der Waals surface area (Å²) in [4.78, 5) is 18.6. The molecule has 0 aliphatic carbocycles. The molecule has 136 valence electrons. The zero-order valence-corrected chi connectivity index (χ0v) is 14.6. The number of benzene rings is 2. The van der Waals surface area contributed by atoms with Crippen LogP contribution in [0, 0.1) is 0 Å². The second-order valence-electron chi connectivity index (χ2n) is 5.73. The monoisotopic (exact) mass is 379 g/mol. The largest absolute Gasteiger partial charge is 0.416 e. The normalized spacial score (nSPS) is 16.9. The van der Waals surface area contributed by atoms with E-state index in [4.69, 9.17) is 0 Å². The summed E-state index contributed by atoms with van der Waals surface area (Å²) in [7, 11) is 0. The highest BCUT2D eigenvalue weighted by molar-refractivity contribution is 8.15. The molecule has 3 rings (SSSR count). The third-order valence-corrected chi connectivity index (χ3v) is 4.71. The Morgan fingerprint density at radius 3 is 2.54 bits per heavy atom. The van der Waals surface area contributed by atoms with Gasteiger partial charge < -0.3 is 5.32 Å². The highest BCUT2D eigenvalue weighted by Crippen LogP contribution is 2.31. The molecular weight excluding hydrogens is 363 g/mol. The predicted octanol–water partition coefficient (Wildman–Crippen LogP) is 5.24. The summed E-state index contributed by atoms with van der Waals surface area (Å²) < 4.78 is 38.6. The maximum Gasteiger partial charge on any atom is 0.416 e. The van der Waals surface area contributed by atoms with E-state index >= 15 is 0 Å². The van der Waals surface area contributed by atoms with Gasteiger partial charge in [0.25, 0.3) is 0 Å². The number of anilines is 2. The Balaban J connectivity index is 1.87. The summed E-state index contributed by atoms with van der Waals surface area (Å²) in [5.41, 5.74) is -0.150. The molecule has 1 unspecified atom stereocenters. The molecule has 4 nitrogen and oxygen atoms in total. The lowest BCUT2D eigenvalue weighted by Gasteiger charge is -2.23. The average molecular weight is 379 g/mol. The summed E-state index contributed by atoms with van der Waals surface area (Å²) in [5, 5.41) is 3.29. The Hall–Kier alpha value is -2.48. The van der Waals surface area contributed by atoms with Crippen LogP contribution in [0.2, 0.25) is 0 Å². The summed E-state index contributed by atoms with van der Waals surface area (Å²) in [6, 6.07) is 12.9. The van der Waals surface area contributed by atoms with Gasteiger partial charge >= 0.3 is 12.2 Å². The van der Waals surface area contributed by atoms with Gasteiger partial charge in [0.2, 0.25) is 0 Å². The van der Waals surface area contributed by atoms with Gasteiger partial charge in [0.15, 0.2) is 5.17 Å². The summed E-state index contributed by atoms with van der Waals surface area (Å²) in [6.07, 6.45) is -4.47. The van der Waals surface area contributed by atoms with Crippen molar-refractivity contribution in [1.29, 1.82) is 0 Å². The van der Waals surface area contributed by atoms with E-state index in [0.29, 0.717) is 17.4 Å². The molecular formula is C18H16F3N3OS. The third-order valence-electron chi connectivity index (χ3n) is 3.64. The Kier molecular flexibility index (Phi) is 5.22. The van der Waals surface area contributed by atoms with E-state index in [1.54, 1.807) is 24.3 Å². The summed E-state index contributed by atoms with van der Waals surface area (Å²) in [5.74, 6) is 0. The fraction of sp³-hybridized carbons (Fsp3) is 0.222. The van der Waals surface area contributed by atoms with E-state index in [9.17, 15) is 18.0 Å². The number of urea groups is 1. The number of aliphatic imine (C=N–C) groups is 1. The van der Waals surface area contributed by atoms with Crippen LogP contribution in [0.25, 0.3) is 0 Å². The quantitative estimate of drug-likeness (QED) is 0.776. The van der Waals surface area contributed by atoms with E-state index in [0.717, 1.165) is 12.1 Å². The van der Waals surface area contributed by atoms with Crippen LogP contribution in [0.4, 0.5) is 29.3 Å². The molecule has 0 fully saturated rings. The van der Waals surface area contributed by atoms with Gasteiger partial charge in [-0.3, -0.25) is 4.99 Å². The molecule has 0 bridgehead atoms. The first-order chi connectivity index (χ1) is 12.3. The van der Waals surface area contributed by atoms with Crippen molar-refractivity contribution in [3.63, 3.8) is 0 Å². The highest BCUT2D eigenvalue weighted by Gasteiger charge is 2.31. The van der Waals surface area contributed by atoms with E-state index in [2.05, 4.69) is 10.3 Å². The molecule has 1 aliphatic rings. The van der Waals surface area contributed by atoms with Crippen LogP contribution in [-0.2, 0) is 6.18 Å². The van der Waals surface area contributed by atoms with Gasteiger partial charge in [-0.25, -0.2) is 9.69 Å². The number of rotatable bonds is 2. The maximum absolute atomic E-state index is 12.9. The maximum atomic E-state index is 12.9. The number of amidine groups is 1. The number of carbonyl (C=O) groups is 1. The SMILES string of the molecule is CC1CN=C(N(C(=O)Nc2cccc(C(F)(F)F)c2)c2ccccc2)S1. The number of hydrogen-bond acceptors (Lipinski definition) is 3. The average Bonchev–Trinajstić information content (AvgIpc) is 3.01. The van der Waals surface area contributed by atoms with Crippen LogP contribution >= 0.6 is 11.8 Å². The van der Waals surface area contributed by atoms with Gasteiger partial charge in [0.05, 0.1) is 17.8 Å². The van der Waals surface area contributed by atoms with Crippen molar-refractivity contribution in [2.75, 3.05) is 16.8 Å². The van der Waals surface area contributed by atoms with Crippen molar-refractivity contribution in [2.24, 2.45) is 4.99 Å². The number of carbonyl (C=O) groups excluding carboxylic acids is 1. The molecule has 1 aliphatic heterocycles. The minimum Gasteiger partial charge on any atom is -0.307 e. The lowest BCUT2D eigenvalue weighted by molar-refractivity contribution is -0.137. The topological polar surface area (TPSA) is 44.7 Å². The number of nitrogens with zero attached hydrogens (tertiary/aromatic N) is 2. The number of hydrogen-bond donors (Lipinski definition) is 1. The molecule has 0 saturated heterocycles. The Bertz CT molecular complexity index is 824. The number of amides is 2. The molecule has 2 aromatic carbocycles. The smallest absolute Gasteiger partial charge is 0.307 e. The molecule has 0 saturated carbocycles. The molecule has 2 amide bonds. The van der Waals surface area contributed by atoms with Crippen LogP contribution in [0.3, 0.4) is 0 Å². The van der Waals surface area contributed by atoms with Gasteiger partial charge in [-0.15, -0.1) is 0 Å². The van der Waals surface area contributed by atoms with Crippen molar-refractivity contribution in [2.45, 2.75) is 18.3 Å². The lowest BCUT2D eigenvalue weighted by atomic mass is 10.2. The Morgan fingerprint density at radius 1 is 1.19 bits per heavy atom. The van der Waals surface area contributed by atoms with Crippen molar-refractivity contribution < 1.29 is 18.0 Å². The zero-order chi connectivity index (χ0) is 18.7. The van der Waals surface area contributed by atoms with Crippen LogP contribution in [-0.4, -0.2) is 23.0 Å². The van der Waals surface area contributed by atoms with E-state index < -0.39 is 17.8 Å². The standard InChI is InChI=1S/C18H16F3N3OS/c1-12-11-22-17(26-12)24(15-8-3-2-4-9-15)16(25)23-14-7-5-6-13(10-14)18(19,20)21/h2-10,12H,11H2,1H3,(H,23,25). The van der Waals surface area contributed by atoms with Crippen molar-refractivity contribution in [3.05, 3.63) is 60.2 Å². The molecule has 1 atom stereocenters. The van der Waals surface area contributed by atoms with Crippen LogP contribution < -0.4 is 10.2 Å². The van der Waals surface area contributed by atoms with Crippen LogP contribution in [0.15, 0.2) is 59.6 Å². The van der Waals surface area contributed by atoms with Gasteiger partial charge in [0.1, 0.15) is 0 Å². The Labute approximate surface area is 153 Å². The van der Waals surface area contributed by atoms with Gasteiger partial charge in [-0.2, -0.15) is 13.2 Å². The molecule has 8 heteroatoms. The fourth-order valence-corrected chi connectivity index (χ4v) is 3.38. The number of thioether (sulfide) groups is 1. The molecule has 1 N–H and O–H groups in total. The van der Waals surface area contributed by atoms with Crippen molar-refractivity contribution in [3.8, 4) is 0 Å². The second kappa shape index (κ2) is 7.41. The molecule has 0 radical (unpaired) electrons. The highest BCUT2D eigenvalue weighted by atomic mass is 32.2. The predicted molar refractivity (Wildman–Crippen MR) is 98.7 cm³/mol. The Morgan fingerprint density at radius 2 is 1.92 bits per heavy atom. The van der Waals surface area contributed by atoms with E-state index in [-0.39, 0.29) is 10.9 Å². The van der Waals surface area contributed by atoms with Crippen LogP contribution in [0.5, 0.6) is 0 Å². The summed E-state index contributed by atoms with van der Waals surface area (Å²) in [6.45, 7) is 2.58. The summed E-state index contributed by atoms with van der Waals surface area (Å²) >= 11 is 1.45. The first-order valence-corrected chi connectivity index (χ1v) is 8.77. The molecule has 2 aromatic rings. The molecule has 0 spiro atoms. The van der Waals surface area contributed by atoms with Crippen molar-refractivity contribution >= 4 is 34.3 Å². The molecule has 1 heterocycles. The third kappa shape index (κ3) is 4.19.